The molecule has 1 amide bonds. The van der Waals surface area contributed by atoms with Crippen molar-refractivity contribution >= 4 is 17.3 Å². The van der Waals surface area contributed by atoms with Crippen LogP contribution in [0.4, 0.5) is 11.4 Å². The summed E-state index contributed by atoms with van der Waals surface area (Å²) in [4.78, 5) is 26.4. The van der Waals surface area contributed by atoms with Gasteiger partial charge in [0.25, 0.3) is 11.6 Å². The van der Waals surface area contributed by atoms with E-state index in [1.807, 2.05) is 30.3 Å². The second-order valence-electron chi connectivity index (χ2n) is 8.07. The number of amides is 1. The van der Waals surface area contributed by atoms with Gasteiger partial charge in [-0.15, -0.1) is 0 Å². The van der Waals surface area contributed by atoms with Crippen LogP contribution in [0.5, 0.6) is 11.5 Å². The molecule has 176 valence electrons. The van der Waals surface area contributed by atoms with Gasteiger partial charge in [-0.3, -0.25) is 19.8 Å². The Kier molecular flexibility index (Phi) is 7.39. The molecule has 0 spiro atoms. The first-order valence-electron chi connectivity index (χ1n) is 11.2. The molecule has 8 nitrogen and oxygen atoms in total. The molecule has 0 unspecified atom stereocenters. The third-order valence-electron chi connectivity index (χ3n) is 5.83. The molecule has 0 saturated carbocycles. The molecular formula is C26H27N3O5. The fourth-order valence-corrected chi connectivity index (χ4v) is 4.04. The Hall–Kier alpha value is -3.91. The molecular weight excluding hydrogens is 434 g/mol. The normalized spacial score (nSPS) is 13.4. The number of carbonyl (C=O) groups is 1. The molecule has 1 N–H and O–H groups in total. The summed E-state index contributed by atoms with van der Waals surface area (Å²) >= 11 is 0. The van der Waals surface area contributed by atoms with Gasteiger partial charge in [-0.25, -0.2) is 0 Å². The fourth-order valence-electron chi connectivity index (χ4n) is 4.04. The lowest BCUT2D eigenvalue weighted by Gasteiger charge is -2.16. The van der Waals surface area contributed by atoms with Crippen molar-refractivity contribution in [1.82, 2.24) is 4.90 Å². The number of ether oxygens (including phenoxy) is 2. The van der Waals surface area contributed by atoms with E-state index >= 15 is 0 Å². The monoisotopic (exact) mass is 461 g/mol. The Morgan fingerprint density at radius 3 is 2.47 bits per heavy atom. The summed E-state index contributed by atoms with van der Waals surface area (Å²) in [6, 6.07) is 19.0. The first-order chi connectivity index (χ1) is 16.5. The van der Waals surface area contributed by atoms with Gasteiger partial charge in [0.05, 0.1) is 12.0 Å². The number of nitro groups is 1. The molecule has 1 saturated heterocycles. The van der Waals surface area contributed by atoms with E-state index in [-0.39, 0.29) is 11.3 Å². The highest BCUT2D eigenvalue weighted by Crippen LogP contribution is 2.32. The molecule has 3 aromatic rings. The first kappa shape index (κ1) is 23.3. The van der Waals surface area contributed by atoms with E-state index in [0.29, 0.717) is 29.4 Å². The van der Waals surface area contributed by atoms with E-state index in [9.17, 15) is 14.9 Å². The Morgan fingerprint density at radius 1 is 1.00 bits per heavy atom. The Balaban J connectivity index is 1.47. The van der Waals surface area contributed by atoms with Crippen LogP contribution in [0.25, 0.3) is 11.1 Å². The maximum atomic E-state index is 12.9. The lowest BCUT2D eigenvalue weighted by molar-refractivity contribution is -0.385. The van der Waals surface area contributed by atoms with Crippen LogP contribution in [-0.4, -0.2) is 49.1 Å². The Morgan fingerprint density at radius 2 is 1.76 bits per heavy atom. The molecule has 1 fully saturated rings. The van der Waals surface area contributed by atoms with E-state index < -0.39 is 10.8 Å². The van der Waals surface area contributed by atoms with Crippen molar-refractivity contribution in [2.24, 2.45) is 0 Å². The number of carbonyl (C=O) groups excluding carboxylic acids is 1. The van der Waals surface area contributed by atoms with Gasteiger partial charge in [0.15, 0.2) is 11.5 Å². The minimum atomic E-state index is -0.573. The van der Waals surface area contributed by atoms with Crippen LogP contribution in [0, 0.1) is 10.1 Å². The molecule has 1 aliphatic rings. The molecule has 0 aliphatic carbocycles. The summed E-state index contributed by atoms with van der Waals surface area (Å²) in [5.74, 6) is 0.488. The molecule has 3 aromatic carbocycles. The molecule has 0 bridgehead atoms. The van der Waals surface area contributed by atoms with Crippen molar-refractivity contribution in [1.29, 1.82) is 0 Å². The van der Waals surface area contributed by atoms with Crippen molar-refractivity contribution in [3.63, 3.8) is 0 Å². The molecule has 1 heterocycles. The number of hydrogen-bond donors (Lipinski definition) is 1. The molecule has 0 radical (unpaired) electrons. The van der Waals surface area contributed by atoms with Gasteiger partial charge in [-0.1, -0.05) is 36.4 Å². The molecule has 1 aliphatic heterocycles. The van der Waals surface area contributed by atoms with Crippen molar-refractivity contribution in [3.05, 3.63) is 82.4 Å². The van der Waals surface area contributed by atoms with Crippen LogP contribution in [0.1, 0.15) is 23.2 Å². The predicted octanol–water partition coefficient (Wildman–Crippen LogP) is 5.00. The summed E-state index contributed by atoms with van der Waals surface area (Å²) in [6.07, 6.45) is 2.45. The summed E-state index contributed by atoms with van der Waals surface area (Å²) in [6.45, 7) is 3.60. The number of anilines is 1. The van der Waals surface area contributed by atoms with Crippen LogP contribution in [0.15, 0.2) is 66.7 Å². The zero-order chi connectivity index (χ0) is 23.9. The molecule has 4 rings (SSSR count). The van der Waals surface area contributed by atoms with Gasteiger partial charge in [0.2, 0.25) is 0 Å². The number of rotatable bonds is 9. The lowest BCUT2D eigenvalue weighted by Crippen LogP contribution is -2.25. The van der Waals surface area contributed by atoms with Crippen molar-refractivity contribution in [2.75, 3.05) is 38.7 Å². The van der Waals surface area contributed by atoms with Gasteiger partial charge in [0, 0.05) is 24.4 Å². The van der Waals surface area contributed by atoms with Crippen molar-refractivity contribution in [2.45, 2.75) is 12.8 Å². The van der Waals surface area contributed by atoms with Gasteiger partial charge in [0.1, 0.15) is 12.2 Å². The summed E-state index contributed by atoms with van der Waals surface area (Å²) in [5.41, 5.74) is 1.68. The number of nitro benzene ring substituents is 1. The van der Waals surface area contributed by atoms with Crippen LogP contribution in [-0.2, 0) is 0 Å². The summed E-state index contributed by atoms with van der Waals surface area (Å²) < 4.78 is 11.3. The standard InChI is InChI=1S/C26H27N3O5/c1-33-25-18-21(10-12-24(25)34-16-15-28-13-5-6-14-28)27-26(30)22-11-9-20(17-23(22)29(31)32)19-7-3-2-4-8-19/h2-4,7-12,17-18H,5-6,13-16H2,1H3,(H,27,30). The van der Waals surface area contributed by atoms with Crippen LogP contribution >= 0.6 is 0 Å². The quantitative estimate of drug-likeness (QED) is 0.356. The third-order valence-corrected chi connectivity index (χ3v) is 5.83. The smallest absolute Gasteiger partial charge is 0.282 e. The highest BCUT2D eigenvalue weighted by atomic mass is 16.6. The number of likely N-dealkylation sites (tertiary alicyclic amines) is 1. The van der Waals surface area contributed by atoms with E-state index in [1.165, 1.54) is 32.1 Å². The second-order valence-corrected chi connectivity index (χ2v) is 8.07. The van der Waals surface area contributed by atoms with E-state index in [2.05, 4.69) is 10.2 Å². The Bertz CT molecular complexity index is 1160. The number of methoxy groups -OCH3 is 1. The van der Waals surface area contributed by atoms with Crippen LogP contribution in [0.2, 0.25) is 0 Å². The molecule has 0 aromatic heterocycles. The van der Waals surface area contributed by atoms with E-state index in [4.69, 9.17) is 9.47 Å². The number of nitrogens with one attached hydrogen (secondary N) is 1. The average molecular weight is 462 g/mol. The maximum absolute atomic E-state index is 12.9. The van der Waals surface area contributed by atoms with E-state index in [0.717, 1.165) is 25.2 Å². The lowest BCUT2D eigenvalue weighted by atomic mass is 10.0. The SMILES string of the molecule is COc1cc(NC(=O)c2ccc(-c3ccccc3)cc2[N+](=O)[O-])ccc1OCCN1CCCC1. The number of hydrogen-bond acceptors (Lipinski definition) is 6. The molecule has 8 heteroatoms. The predicted molar refractivity (Wildman–Crippen MR) is 131 cm³/mol. The van der Waals surface area contributed by atoms with Crippen molar-refractivity contribution in [3.8, 4) is 22.6 Å². The van der Waals surface area contributed by atoms with Crippen molar-refractivity contribution < 1.29 is 19.2 Å². The topological polar surface area (TPSA) is 93.9 Å². The minimum Gasteiger partial charge on any atom is -0.493 e. The van der Waals surface area contributed by atoms with Gasteiger partial charge >= 0.3 is 0 Å². The number of benzene rings is 3. The Labute approximate surface area is 198 Å². The zero-order valence-electron chi connectivity index (χ0n) is 19.0. The highest BCUT2D eigenvalue weighted by molar-refractivity contribution is 6.07. The third kappa shape index (κ3) is 5.52. The van der Waals surface area contributed by atoms with Gasteiger partial charge in [-0.05, 0) is 55.3 Å². The first-order valence-corrected chi connectivity index (χ1v) is 11.2. The summed E-state index contributed by atoms with van der Waals surface area (Å²) in [7, 11) is 1.53. The van der Waals surface area contributed by atoms with Gasteiger partial charge < -0.3 is 14.8 Å². The summed E-state index contributed by atoms with van der Waals surface area (Å²) in [5, 5.41) is 14.4. The van der Waals surface area contributed by atoms with Gasteiger partial charge in [-0.2, -0.15) is 0 Å². The second kappa shape index (κ2) is 10.8. The van der Waals surface area contributed by atoms with E-state index in [1.54, 1.807) is 24.3 Å². The molecule has 34 heavy (non-hydrogen) atoms. The average Bonchev–Trinajstić information content (AvgIpc) is 3.38. The number of nitrogens with zero attached hydrogens (tertiary/aromatic N) is 2. The largest absolute Gasteiger partial charge is 0.493 e. The fraction of sp³-hybridized carbons (Fsp3) is 0.269. The van der Waals surface area contributed by atoms with Crippen LogP contribution < -0.4 is 14.8 Å². The highest BCUT2D eigenvalue weighted by Gasteiger charge is 2.22. The molecule has 0 atom stereocenters. The maximum Gasteiger partial charge on any atom is 0.282 e. The van der Waals surface area contributed by atoms with Crippen LogP contribution in [0.3, 0.4) is 0 Å². The zero-order valence-corrected chi connectivity index (χ0v) is 19.0. The minimum absolute atomic E-state index is 0.0189.